The third kappa shape index (κ3) is 2.55. The Hall–Kier alpha value is -1.84. The fourth-order valence-corrected chi connectivity index (χ4v) is 3.21. The first-order valence-electron chi connectivity index (χ1n) is 7.37. The second kappa shape index (κ2) is 5.51. The van der Waals surface area contributed by atoms with Crippen LogP contribution in [0, 0.1) is 6.92 Å². The largest absolute Gasteiger partial charge is 0.508 e. The molecule has 3 N–H and O–H groups in total. The van der Waals surface area contributed by atoms with Crippen molar-refractivity contribution in [3.05, 3.63) is 64.7 Å². The molecule has 1 unspecified atom stereocenters. The number of rotatable bonds is 4. The van der Waals surface area contributed by atoms with Crippen molar-refractivity contribution in [2.24, 2.45) is 0 Å². The van der Waals surface area contributed by atoms with Crippen LogP contribution in [0.5, 0.6) is 5.75 Å². The highest BCUT2D eigenvalue weighted by molar-refractivity contribution is 5.40. The van der Waals surface area contributed by atoms with Crippen molar-refractivity contribution in [3.8, 4) is 5.75 Å². The molecule has 0 amide bonds. The normalized spacial score (nSPS) is 20.5. The van der Waals surface area contributed by atoms with Gasteiger partial charge in [0.2, 0.25) is 0 Å². The van der Waals surface area contributed by atoms with Gasteiger partial charge in [-0.2, -0.15) is 0 Å². The third-order valence-corrected chi connectivity index (χ3v) is 4.48. The van der Waals surface area contributed by atoms with Gasteiger partial charge in [0, 0.05) is 12.1 Å². The maximum absolute atomic E-state index is 9.96. The molecule has 3 nitrogen and oxygen atoms in total. The molecule has 1 atom stereocenters. The standard InChI is InChI=1S/C18H21NO2/c1-13-6-7-17(21)15(10-13)11-19-18(12-20)9-8-14-4-2-3-5-16(14)18/h2-7,10,19-21H,8-9,11-12H2,1H3. The average molecular weight is 283 g/mol. The van der Waals surface area contributed by atoms with E-state index in [1.54, 1.807) is 6.07 Å². The van der Waals surface area contributed by atoms with Gasteiger partial charge in [0.05, 0.1) is 12.1 Å². The van der Waals surface area contributed by atoms with Gasteiger partial charge >= 0.3 is 0 Å². The van der Waals surface area contributed by atoms with Gasteiger partial charge in [0.25, 0.3) is 0 Å². The van der Waals surface area contributed by atoms with E-state index in [1.807, 2.05) is 31.2 Å². The minimum atomic E-state index is -0.396. The van der Waals surface area contributed by atoms with Crippen LogP contribution in [-0.4, -0.2) is 16.8 Å². The molecule has 0 radical (unpaired) electrons. The van der Waals surface area contributed by atoms with Crippen molar-refractivity contribution in [2.75, 3.05) is 6.61 Å². The number of phenols is 1. The smallest absolute Gasteiger partial charge is 0.120 e. The van der Waals surface area contributed by atoms with E-state index in [1.165, 1.54) is 11.1 Å². The second-order valence-electron chi connectivity index (χ2n) is 5.88. The van der Waals surface area contributed by atoms with Gasteiger partial charge < -0.3 is 15.5 Å². The monoisotopic (exact) mass is 283 g/mol. The number of benzene rings is 2. The Balaban J connectivity index is 1.85. The number of aromatic hydroxyl groups is 1. The number of phenolic OH excluding ortho intramolecular Hbond substituents is 1. The van der Waals surface area contributed by atoms with E-state index in [2.05, 4.69) is 17.4 Å². The fraction of sp³-hybridized carbons (Fsp3) is 0.333. The summed E-state index contributed by atoms with van der Waals surface area (Å²) in [6, 6.07) is 13.9. The Morgan fingerprint density at radius 3 is 2.81 bits per heavy atom. The van der Waals surface area contributed by atoms with E-state index in [-0.39, 0.29) is 6.61 Å². The van der Waals surface area contributed by atoms with Crippen molar-refractivity contribution in [3.63, 3.8) is 0 Å². The molecule has 2 aromatic carbocycles. The predicted octanol–water partition coefficient (Wildman–Crippen LogP) is 2.62. The van der Waals surface area contributed by atoms with Crippen LogP contribution in [-0.2, 0) is 18.5 Å². The lowest BCUT2D eigenvalue weighted by atomic mass is 9.92. The highest BCUT2D eigenvalue weighted by Crippen LogP contribution is 2.37. The summed E-state index contributed by atoms with van der Waals surface area (Å²) in [6.07, 6.45) is 1.86. The van der Waals surface area contributed by atoms with Gasteiger partial charge in [0.15, 0.2) is 0 Å². The molecule has 3 rings (SSSR count). The number of fused-ring (bicyclic) bond motifs is 1. The number of aliphatic hydroxyl groups is 1. The summed E-state index contributed by atoms with van der Waals surface area (Å²) in [7, 11) is 0. The Morgan fingerprint density at radius 2 is 2.00 bits per heavy atom. The summed E-state index contributed by atoms with van der Waals surface area (Å²) in [5.41, 5.74) is 4.07. The van der Waals surface area contributed by atoms with Gasteiger partial charge in [-0.1, -0.05) is 42.0 Å². The first kappa shape index (κ1) is 14.1. The lowest BCUT2D eigenvalue weighted by Gasteiger charge is -2.30. The Kier molecular flexibility index (Phi) is 3.70. The lowest BCUT2D eigenvalue weighted by molar-refractivity contribution is 0.158. The van der Waals surface area contributed by atoms with Gasteiger partial charge in [-0.05, 0) is 37.0 Å². The summed E-state index contributed by atoms with van der Waals surface area (Å²) in [6.45, 7) is 2.62. The minimum absolute atomic E-state index is 0.0661. The van der Waals surface area contributed by atoms with Crippen LogP contribution in [0.1, 0.15) is 28.7 Å². The molecule has 0 aliphatic heterocycles. The maximum Gasteiger partial charge on any atom is 0.120 e. The second-order valence-corrected chi connectivity index (χ2v) is 5.88. The maximum atomic E-state index is 9.96. The first-order valence-corrected chi connectivity index (χ1v) is 7.37. The molecule has 0 heterocycles. The predicted molar refractivity (Wildman–Crippen MR) is 83.2 cm³/mol. The van der Waals surface area contributed by atoms with Gasteiger partial charge in [0.1, 0.15) is 5.75 Å². The molecule has 3 heteroatoms. The number of aryl methyl sites for hydroxylation is 2. The Bertz CT molecular complexity index is 653. The summed E-state index contributed by atoms with van der Waals surface area (Å²) in [4.78, 5) is 0. The van der Waals surface area contributed by atoms with E-state index in [0.717, 1.165) is 24.0 Å². The molecule has 0 bridgehead atoms. The van der Waals surface area contributed by atoms with E-state index in [0.29, 0.717) is 12.3 Å². The molecular formula is C18H21NO2. The van der Waals surface area contributed by atoms with Crippen LogP contribution in [0.3, 0.4) is 0 Å². The molecule has 0 fully saturated rings. The number of hydrogen-bond acceptors (Lipinski definition) is 3. The van der Waals surface area contributed by atoms with Gasteiger partial charge in [-0.25, -0.2) is 0 Å². The van der Waals surface area contributed by atoms with Crippen LogP contribution < -0.4 is 5.32 Å². The minimum Gasteiger partial charge on any atom is -0.508 e. The van der Waals surface area contributed by atoms with Crippen LogP contribution in [0.15, 0.2) is 42.5 Å². The van der Waals surface area contributed by atoms with Crippen molar-refractivity contribution in [1.29, 1.82) is 0 Å². The fourth-order valence-electron chi connectivity index (χ4n) is 3.21. The average Bonchev–Trinajstić information content (AvgIpc) is 2.88. The summed E-state index contributed by atoms with van der Waals surface area (Å²) >= 11 is 0. The molecule has 21 heavy (non-hydrogen) atoms. The van der Waals surface area contributed by atoms with E-state index in [4.69, 9.17) is 0 Å². The van der Waals surface area contributed by atoms with Gasteiger partial charge in [-0.15, -0.1) is 0 Å². The number of nitrogens with one attached hydrogen (secondary N) is 1. The summed E-state index contributed by atoms with van der Waals surface area (Å²) in [5.74, 6) is 0.299. The van der Waals surface area contributed by atoms with Crippen molar-refractivity contribution in [1.82, 2.24) is 5.32 Å². The zero-order chi connectivity index (χ0) is 14.9. The molecular weight excluding hydrogens is 262 g/mol. The number of aliphatic hydroxyl groups excluding tert-OH is 1. The molecule has 0 saturated carbocycles. The van der Waals surface area contributed by atoms with Crippen molar-refractivity contribution >= 4 is 0 Å². The Labute approximate surface area is 125 Å². The molecule has 1 aliphatic carbocycles. The SMILES string of the molecule is Cc1ccc(O)c(CNC2(CO)CCc3ccccc32)c1. The van der Waals surface area contributed by atoms with Crippen LogP contribution in [0.2, 0.25) is 0 Å². The zero-order valence-electron chi connectivity index (χ0n) is 12.3. The summed E-state index contributed by atoms with van der Waals surface area (Å²) < 4.78 is 0. The van der Waals surface area contributed by atoms with Crippen LogP contribution >= 0.6 is 0 Å². The zero-order valence-corrected chi connectivity index (χ0v) is 12.3. The summed E-state index contributed by atoms with van der Waals surface area (Å²) in [5, 5.41) is 23.4. The molecule has 2 aromatic rings. The van der Waals surface area contributed by atoms with Gasteiger partial charge in [-0.3, -0.25) is 0 Å². The number of hydrogen-bond donors (Lipinski definition) is 3. The molecule has 0 aromatic heterocycles. The molecule has 0 saturated heterocycles. The molecule has 1 aliphatic rings. The van der Waals surface area contributed by atoms with Crippen molar-refractivity contribution in [2.45, 2.75) is 31.8 Å². The highest BCUT2D eigenvalue weighted by Gasteiger charge is 2.37. The van der Waals surface area contributed by atoms with Crippen LogP contribution in [0.25, 0.3) is 0 Å². The third-order valence-electron chi connectivity index (χ3n) is 4.48. The highest BCUT2D eigenvalue weighted by atomic mass is 16.3. The lowest BCUT2D eigenvalue weighted by Crippen LogP contribution is -2.43. The molecule has 110 valence electrons. The van der Waals surface area contributed by atoms with E-state index < -0.39 is 5.54 Å². The topological polar surface area (TPSA) is 52.5 Å². The quantitative estimate of drug-likeness (QED) is 0.808. The van der Waals surface area contributed by atoms with E-state index >= 15 is 0 Å². The van der Waals surface area contributed by atoms with E-state index in [9.17, 15) is 10.2 Å². The first-order chi connectivity index (χ1) is 10.1. The van der Waals surface area contributed by atoms with Crippen molar-refractivity contribution < 1.29 is 10.2 Å². The molecule has 0 spiro atoms. The van der Waals surface area contributed by atoms with Crippen LogP contribution in [0.4, 0.5) is 0 Å². The Morgan fingerprint density at radius 1 is 1.19 bits per heavy atom.